The Kier molecular flexibility index (Phi) is 5.63. The molecular formula is C20H22N4OS. The zero-order chi connectivity index (χ0) is 18.5. The lowest BCUT2D eigenvalue weighted by molar-refractivity contribution is -0.121. The molecule has 3 aromatic rings. The van der Waals surface area contributed by atoms with Crippen LogP contribution in [0.1, 0.15) is 35.5 Å². The van der Waals surface area contributed by atoms with E-state index in [0.717, 1.165) is 16.7 Å². The Labute approximate surface area is 158 Å². The summed E-state index contributed by atoms with van der Waals surface area (Å²) in [6, 6.07) is 18.0. The van der Waals surface area contributed by atoms with Crippen molar-refractivity contribution in [1.82, 2.24) is 20.1 Å². The van der Waals surface area contributed by atoms with Gasteiger partial charge in [-0.05, 0) is 42.8 Å². The molecule has 0 aliphatic rings. The molecule has 0 unspecified atom stereocenters. The topological polar surface area (TPSA) is 62.7 Å². The molecule has 2 aromatic carbocycles. The van der Waals surface area contributed by atoms with Crippen LogP contribution in [0.5, 0.6) is 0 Å². The number of benzene rings is 2. The molecule has 26 heavy (non-hydrogen) atoms. The van der Waals surface area contributed by atoms with Crippen molar-refractivity contribution >= 4 is 18.1 Å². The van der Waals surface area contributed by atoms with Gasteiger partial charge in [0.25, 0.3) is 0 Å². The van der Waals surface area contributed by atoms with Crippen LogP contribution in [0.15, 0.2) is 54.6 Å². The first kappa shape index (κ1) is 18.1. The highest BCUT2D eigenvalue weighted by Gasteiger charge is 2.15. The lowest BCUT2D eigenvalue weighted by Gasteiger charge is -2.16. The first-order valence-corrected chi connectivity index (χ1v) is 8.98. The molecule has 0 fully saturated rings. The van der Waals surface area contributed by atoms with Crippen LogP contribution in [0.2, 0.25) is 0 Å². The monoisotopic (exact) mass is 366 g/mol. The average Bonchev–Trinajstić information content (AvgIpc) is 2.96. The first-order valence-electron chi connectivity index (χ1n) is 8.57. The highest BCUT2D eigenvalue weighted by Crippen LogP contribution is 2.16. The molecule has 3 rings (SSSR count). The van der Waals surface area contributed by atoms with Crippen molar-refractivity contribution in [2.24, 2.45) is 0 Å². The van der Waals surface area contributed by atoms with Gasteiger partial charge in [-0.15, -0.1) is 0 Å². The maximum atomic E-state index is 12.5. The van der Waals surface area contributed by atoms with E-state index >= 15 is 0 Å². The largest absolute Gasteiger partial charge is 0.349 e. The van der Waals surface area contributed by atoms with Crippen molar-refractivity contribution in [1.29, 1.82) is 0 Å². The second-order valence-corrected chi connectivity index (χ2v) is 6.73. The molecule has 0 radical (unpaired) electrons. The SMILES string of the molecule is Cc1ccccc1[C@@H](C)NC(=O)Cc1n[nH]c(=S)n1Cc1ccccc1. The third-order valence-electron chi connectivity index (χ3n) is 4.37. The maximum Gasteiger partial charge on any atom is 0.228 e. The van der Waals surface area contributed by atoms with Crippen LogP contribution in [0.3, 0.4) is 0 Å². The van der Waals surface area contributed by atoms with E-state index in [9.17, 15) is 4.79 Å². The summed E-state index contributed by atoms with van der Waals surface area (Å²) >= 11 is 5.32. The summed E-state index contributed by atoms with van der Waals surface area (Å²) in [7, 11) is 0. The Morgan fingerprint density at radius 1 is 1.19 bits per heavy atom. The van der Waals surface area contributed by atoms with E-state index < -0.39 is 0 Å². The van der Waals surface area contributed by atoms with E-state index in [1.165, 1.54) is 0 Å². The second-order valence-electron chi connectivity index (χ2n) is 6.34. The van der Waals surface area contributed by atoms with Gasteiger partial charge in [0.15, 0.2) is 4.77 Å². The molecule has 0 aliphatic carbocycles. The number of carbonyl (C=O) groups excluding carboxylic acids is 1. The number of carbonyl (C=O) groups is 1. The van der Waals surface area contributed by atoms with Gasteiger partial charge in [0.1, 0.15) is 5.82 Å². The van der Waals surface area contributed by atoms with E-state index in [2.05, 4.69) is 15.5 Å². The first-order chi connectivity index (χ1) is 12.5. The Morgan fingerprint density at radius 2 is 1.88 bits per heavy atom. The van der Waals surface area contributed by atoms with Crippen LogP contribution in [-0.4, -0.2) is 20.7 Å². The molecule has 1 aromatic heterocycles. The fourth-order valence-corrected chi connectivity index (χ4v) is 3.22. The number of amides is 1. The van der Waals surface area contributed by atoms with E-state index in [-0.39, 0.29) is 18.4 Å². The minimum absolute atomic E-state index is 0.0619. The molecule has 0 saturated carbocycles. The fourth-order valence-electron chi connectivity index (χ4n) is 3.00. The highest BCUT2D eigenvalue weighted by molar-refractivity contribution is 7.71. The summed E-state index contributed by atoms with van der Waals surface area (Å²) in [4.78, 5) is 12.5. The van der Waals surface area contributed by atoms with Crippen LogP contribution in [0.25, 0.3) is 0 Å². The summed E-state index contributed by atoms with van der Waals surface area (Å²) < 4.78 is 2.38. The molecular weight excluding hydrogens is 344 g/mol. The number of aromatic amines is 1. The van der Waals surface area contributed by atoms with E-state index in [0.29, 0.717) is 17.1 Å². The number of nitrogens with zero attached hydrogens (tertiary/aromatic N) is 2. The van der Waals surface area contributed by atoms with Crippen LogP contribution in [-0.2, 0) is 17.8 Å². The Bertz CT molecular complexity index is 946. The molecule has 1 amide bonds. The van der Waals surface area contributed by atoms with Crippen molar-refractivity contribution in [2.75, 3.05) is 0 Å². The molecule has 0 aliphatic heterocycles. The molecule has 134 valence electrons. The Hall–Kier alpha value is -2.73. The normalized spacial score (nSPS) is 11.9. The van der Waals surface area contributed by atoms with Crippen molar-refractivity contribution in [2.45, 2.75) is 32.9 Å². The van der Waals surface area contributed by atoms with Crippen molar-refractivity contribution < 1.29 is 4.79 Å². The van der Waals surface area contributed by atoms with Crippen molar-refractivity contribution in [3.05, 3.63) is 81.9 Å². The molecule has 0 spiro atoms. The number of hydrogen-bond acceptors (Lipinski definition) is 3. The van der Waals surface area contributed by atoms with E-state index in [1.54, 1.807) is 0 Å². The lowest BCUT2D eigenvalue weighted by atomic mass is 10.0. The number of rotatable bonds is 6. The molecule has 1 heterocycles. The molecule has 2 N–H and O–H groups in total. The minimum atomic E-state index is -0.0796. The summed E-state index contributed by atoms with van der Waals surface area (Å²) in [6.45, 7) is 4.62. The highest BCUT2D eigenvalue weighted by atomic mass is 32.1. The quantitative estimate of drug-likeness (QED) is 0.654. The number of nitrogens with one attached hydrogen (secondary N) is 2. The van der Waals surface area contributed by atoms with Crippen LogP contribution in [0.4, 0.5) is 0 Å². The maximum absolute atomic E-state index is 12.5. The number of hydrogen-bond donors (Lipinski definition) is 2. The van der Waals surface area contributed by atoms with Gasteiger partial charge < -0.3 is 5.32 Å². The summed E-state index contributed by atoms with van der Waals surface area (Å²) in [5.74, 6) is 0.553. The third-order valence-corrected chi connectivity index (χ3v) is 4.68. The van der Waals surface area contributed by atoms with E-state index in [4.69, 9.17) is 12.2 Å². The lowest BCUT2D eigenvalue weighted by Crippen LogP contribution is -2.29. The zero-order valence-electron chi connectivity index (χ0n) is 14.9. The van der Waals surface area contributed by atoms with E-state index in [1.807, 2.05) is 73.0 Å². The predicted octanol–water partition coefficient (Wildman–Crippen LogP) is 3.72. The van der Waals surface area contributed by atoms with Crippen LogP contribution < -0.4 is 5.32 Å². The van der Waals surface area contributed by atoms with Gasteiger partial charge >= 0.3 is 0 Å². The summed E-state index contributed by atoms with van der Waals surface area (Å²) in [5, 5.41) is 10.1. The average molecular weight is 366 g/mol. The molecule has 0 saturated heterocycles. The van der Waals surface area contributed by atoms with Gasteiger partial charge in [-0.2, -0.15) is 5.10 Å². The van der Waals surface area contributed by atoms with Crippen molar-refractivity contribution in [3.63, 3.8) is 0 Å². The van der Waals surface area contributed by atoms with Gasteiger partial charge in [0.2, 0.25) is 5.91 Å². The van der Waals surface area contributed by atoms with Crippen molar-refractivity contribution in [3.8, 4) is 0 Å². The third kappa shape index (κ3) is 4.26. The number of H-pyrrole nitrogens is 1. The Balaban J connectivity index is 1.70. The molecule has 6 heteroatoms. The predicted molar refractivity (Wildman–Crippen MR) is 104 cm³/mol. The van der Waals surface area contributed by atoms with Crippen LogP contribution >= 0.6 is 12.2 Å². The van der Waals surface area contributed by atoms with Gasteiger partial charge in [-0.3, -0.25) is 14.5 Å². The minimum Gasteiger partial charge on any atom is -0.349 e. The standard InChI is InChI=1S/C20H22N4OS/c1-14-8-6-7-11-17(14)15(2)21-19(25)12-18-22-23-20(26)24(18)13-16-9-4-3-5-10-16/h3-11,15H,12-13H2,1-2H3,(H,21,25)(H,23,26)/t15-/m1/s1. The van der Waals surface area contributed by atoms with Crippen LogP contribution in [0, 0.1) is 11.7 Å². The smallest absolute Gasteiger partial charge is 0.228 e. The Morgan fingerprint density at radius 3 is 2.62 bits per heavy atom. The summed E-state index contributed by atoms with van der Waals surface area (Å²) in [5.41, 5.74) is 3.39. The fraction of sp³-hybridized carbons (Fsp3) is 0.250. The summed E-state index contributed by atoms with van der Waals surface area (Å²) in [6.07, 6.45) is 0.177. The zero-order valence-corrected chi connectivity index (χ0v) is 15.7. The van der Waals surface area contributed by atoms with Gasteiger partial charge in [-0.25, -0.2) is 0 Å². The second kappa shape index (κ2) is 8.10. The number of aryl methyl sites for hydroxylation is 1. The van der Waals surface area contributed by atoms with Gasteiger partial charge in [0, 0.05) is 0 Å². The number of aromatic nitrogens is 3. The van der Waals surface area contributed by atoms with Gasteiger partial charge in [-0.1, -0.05) is 54.6 Å². The molecule has 5 nitrogen and oxygen atoms in total. The van der Waals surface area contributed by atoms with Gasteiger partial charge in [0.05, 0.1) is 19.0 Å². The molecule has 0 bridgehead atoms. The molecule has 1 atom stereocenters.